The first-order valence-electron chi connectivity index (χ1n) is 9.76. The molecule has 3 N–H and O–H groups in total. The molecular formula is C21H28BrClN2O4. The largest absolute Gasteiger partial charge is 0.469 e. The zero-order chi connectivity index (χ0) is 21.6. The van der Waals surface area contributed by atoms with Gasteiger partial charge in [0.2, 0.25) is 0 Å². The first kappa shape index (κ1) is 22.4. The number of amides is 2. The standard InChI is InChI=1S/C21H28BrClN2O4/c1-12(2)14(8-26)19(3,13-5-6-15(22)16(23)7-13)24-18(28)25-21-9-20(10-21,11-21)17(27)29-4/h5-7,12,14,26H,8-11H2,1-4H3,(H2,24,25,28)/t14?,19-,20?,21?/m0/s1. The molecule has 1 aromatic rings. The second-order valence-electron chi connectivity index (χ2n) is 9.03. The van der Waals surface area contributed by atoms with Crippen LogP contribution in [0, 0.1) is 17.3 Å². The molecule has 4 rings (SSSR count). The van der Waals surface area contributed by atoms with Crippen LogP contribution >= 0.6 is 27.5 Å². The normalized spacial score (nSPS) is 27.9. The third-order valence-corrected chi connectivity index (χ3v) is 7.90. The predicted octanol–water partition coefficient (Wildman–Crippen LogP) is 3.98. The number of nitrogens with one attached hydrogen (secondary N) is 2. The smallest absolute Gasteiger partial charge is 0.315 e. The summed E-state index contributed by atoms with van der Waals surface area (Å²) in [6, 6.07) is 5.23. The number of esters is 1. The molecule has 3 aliphatic rings. The minimum absolute atomic E-state index is 0.0846. The van der Waals surface area contributed by atoms with Gasteiger partial charge in [0, 0.05) is 22.5 Å². The highest BCUT2D eigenvalue weighted by Crippen LogP contribution is 2.67. The molecule has 2 atom stereocenters. The van der Waals surface area contributed by atoms with Gasteiger partial charge in [-0.15, -0.1) is 0 Å². The van der Waals surface area contributed by atoms with Gasteiger partial charge in [0.1, 0.15) is 0 Å². The second kappa shape index (κ2) is 7.75. The minimum Gasteiger partial charge on any atom is -0.469 e. The molecule has 1 unspecified atom stereocenters. The summed E-state index contributed by atoms with van der Waals surface area (Å²) in [4.78, 5) is 24.8. The van der Waals surface area contributed by atoms with Gasteiger partial charge in [-0.05, 0) is 65.7 Å². The monoisotopic (exact) mass is 486 g/mol. The number of rotatable bonds is 7. The van der Waals surface area contributed by atoms with Gasteiger partial charge >= 0.3 is 12.0 Å². The average Bonchev–Trinajstić information content (AvgIpc) is 2.58. The van der Waals surface area contributed by atoms with Crippen molar-refractivity contribution in [1.82, 2.24) is 10.6 Å². The Morgan fingerprint density at radius 1 is 1.34 bits per heavy atom. The Morgan fingerprint density at radius 2 is 1.97 bits per heavy atom. The SMILES string of the molecule is COC(=O)C12CC(NC(=O)N[C@@](C)(c3ccc(Br)c(Cl)c3)C(CO)C(C)C)(C1)C2. The molecule has 0 radical (unpaired) electrons. The molecule has 0 aliphatic heterocycles. The van der Waals surface area contributed by atoms with Crippen molar-refractivity contribution in [2.24, 2.45) is 17.3 Å². The maximum atomic E-state index is 12.9. The molecule has 3 fully saturated rings. The van der Waals surface area contributed by atoms with Crippen LogP contribution in [0.25, 0.3) is 0 Å². The Morgan fingerprint density at radius 3 is 2.45 bits per heavy atom. The number of hydrogen-bond donors (Lipinski definition) is 3. The van der Waals surface area contributed by atoms with Crippen LogP contribution in [0.1, 0.15) is 45.6 Å². The van der Waals surface area contributed by atoms with Gasteiger partial charge in [0.25, 0.3) is 0 Å². The minimum atomic E-state index is -0.832. The van der Waals surface area contributed by atoms with Gasteiger partial charge in [0.05, 0.1) is 23.1 Å². The zero-order valence-electron chi connectivity index (χ0n) is 17.1. The number of halogens is 2. The molecule has 3 aliphatic carbocycles. The van der Waals surface area contributed by atoms with Crippen molar-refractivity contribution >= 4 is 39.5 Å². The van der Waals surface area contributed by atoms with Crippen LogP contribution in [0.5, 0.6) is 0 Å². The van der Waals surface area contributed by atoms with Crippen molar-refractivity contribution in [1.29, 1.82) is 0 Å². The van der Waals surface area contributed by atoms with Crippen LogP contribution < -0.4 is 10.6 Å². The van der Waals surface area contributed by atoms with Crippen molar-refractivity contribution in [3.05, 3.63) is 33.3 Å². The number of aliphatic hydroxyl groups is 1. The number of benzene rings is 1. The number of hydrogen-bond acceptors (Lipinski definition) is 4. The van der Waals surface area contributed by atoms with Gasteiger partial charge in [-0.25, -0.2) is 4.79 Å². The van der Waals surface area contributed by atoms with Crippen molar-refractivity contribution in [2.75, 3.05) is 13.7 Å². The Hall–Kier alpha value is -1.31. The summed E-state index contributed by atoms with van der Waals surface area (Å²) in [6.07, 6.45) is 1.82. The van der Waals surface area contributed by atoms with Crippen LogP contribution in [0.2, 0.25) is 5.02 Å². The number of carbonyl (C=O) groups is 2. The van der Waals surface area contributed by atoms with Crippen LogP contribution in [-0.2, 0) is 15.1 Å². The van der Waals surface area contributed by atoms with Gasteiger partial charge < -0.3 is 20.5 Å². The van der Waals surface area contributed by atoms with Crippen molar-refractivity contribution in [3.8, 4) is 0 Å². The fraction of sp³-hybridized carbons (Fsp3) is 0.619. The summed E-state index contributed by atoms with van der Waals surface area (Å²) < 4.78 is 5.63. The zero-order valence-corrected chi connectivity index (χ0v) is 19.5. The molecule has 8 heteroatoms. The quantitative estimate of drug-likeness (QED) is 0.508. The van der Waals surface area contributed by atoms with E-state index in [0.717, 1.165) is 10.0 Å². The number of ether oxygens (including phenoxy) is 1. The lowest BCUT2D eigenvalue weighted by molar-refractivity contribution is -0.199. The van der Waals surface area contributed by atoms with E-state index in [1.165, 1.54) is 7.11 Å². The van der Waals surface area contributed by atoms with E-state index in [0.29, 0.717) is 24.3 Å². The number of carbonyl (C=O) groups excluding carboxylic acids is 2. The van der Waals surface area contributed by atoms with E-state index in [2.05, 4.69) is 26.6 Å². The van der Waals surface area contributed by atoms with E-state index < -0.39 is 11.0 Å². The molecule has 29 heavy (non-hydrogen) atoms. The lowest BCUT2D eigenvalue weighted by Crippen LogP contribution is -2.78. The molecule has 1 aromatic carbocycles. The Bertz CT molecular complexity index is 811. The van der Waals surface area contributed by atoms with Crippen LogP contribution in [0.15, 0.2) is 22.7 Å². The number of methoxy groups -OCH3 is 1. The van der Waals surface area contributed by atoms with Gasteiger partial charge in [-0.3, -0.25) is 4.79 Å². The fourth-order valence-corrected chi connectivity index (χ4v) is 5.55. The van der Waals surface area contributed by atoms with Crippen molar-refractivity contribution in [3.63, 3.8) is 0 Å². The van der Waals surface area contributed by atoms with Gasteiger partial charge in [-0.2, -0.15) is 0 Å². The number of urea groups is 1. The summed E-state index contributed by atoms with van der Waals surface area (Å²) in [6.45, 7) is 5.85. The van der Waals surface area contributed by atoms with E-state index in [1.54, 1.807) is 0 Å². The Labute approximate surface area is 184 Å². The molecule has 2 bridgehead atoms. The maximum Gasteiger partial charge on any atom is 0.315 e. The molecule has 0 heterocycles. The molecule has 2 amide bonds. The summed E-state index contributed by atoms with van der Waals surface area (Å²) in [5.74, 6) is -0.304. The maximum absolute atomic E-state index is 12.9. The molecule has 0 spiro atoms. The van der Waals surface area contributed by atoms with Gasteiger partial charge in [0.15, 0.2) is 0 Å². The third-order valence-electron chi connectivity index (χ3n) is 6.66. The van der Waals surface area contributed by atoms with Crippen LogP contribution in [0.4, 0.5) is 4.79 Å². The molecule has 6 nitrogen and oxygen atoms in total. The molecule has 3 saturated carbocycles. The van der Waals surface area contributed by atoms with E-state index in [1.807, 2.05) is 39.0 Å². The first-order chi connectivity index (χ1) is 13.5. The molecular weight excluding hydrogens is 460 g/mol. The summed E-state index contributed by atoms with van der Waals surface area (Å²) in [7, 11) is 1.39. The Kier molecular flexibility index (Phi) is 5.98. The lowest BCUT2D eigenvalue weighted by Gasteiger charge is -2.68. The Balaban J connectivity index is 1.78. The summed E-state index contributed by atoms with van der Waals surface area (Å²) >= 11 is 9.70. The highest BCUT2D eigenvalue weighted by molar-refractivity contribution is 9.10. The van der Waals surface area contributed by atoms with E-state index >= 15 is 0 Å². The van der Waals surface area contributed by atoms with Crippen LogP contribution in [-0.4, -0.2) is 36.4 Å². The third kappa shape index (κ3) is 3.77. The van der Waals surface area contributed by atoms with E-state index in [4.69, 9.17) is 16.3 Å². The van der Waals surface area contributed by atoms with E-state index in [9.17, 15) is 14.7 Å². The summed E-state index contributed by atoms with van der Waals surface area (Å²) in [5, 5.41) is 16.8. The summed E-state index contributed by atoms with van der Waals surface area (Å²) in [5.41, 5.74) is -0.780. The lowest BCUT2D eigenvalue weighted by atomic mass is 9.39. The highest BCUT2D eigenvalue weighted by atomic mass is 79.9. The first-order valence-corrected chi connectivity index (χ1v) is 10.9. The topological polar surface area (TPSA) is 87.7 Å². The van der Waals surface area contributed by atoms with Crippen molar-refractivity contribution < 1.29 is 19.4 Å². The van der Waals surface area contributed by atoms with E-state index in [-0.39, 0.29) is 36.0 Å². The number of aliphatic hydroxyl groups excluding tert-OH is 1. The van der Waals surface area contributed by atoms with Gasteiger partial charge in [-0.1, -0.05) is 31.5 Å². The predicted molar refractivity (Wildman–Crippen MR) is 115 cm³/mol. The second-order valence-corrected chi connectivity index (χ2v) is 10.3. The average molecular weight is 488 g/mol. The molecule has 160 valence electrons. The highest BCUT2D eigenvalue weighted by Gasteiger charge is 2.73. The van der Waals surface area contributed by atoms with Crippen molar-refractivity contribution in [2.45, 2.75) is 51.1 Å². The molecule has 0 aromatic heterocycles. The fourth-order valence-electron chi connectivity index (χ4n) is 5.12. The van der Waals surface area contributed by atoms with Crippen LogP contribution in [0.3, 0.4) is 0 Å². The molecule has 0 saturated heterocycles.